The summed E-state index contributed by atoms with van der Waals surface area (Å²) in [7, 11) is 1.57. The summed E-state index contributed by atoms with van der Waals surface area (Å²) >= 11 is 0. The Morgan fingerprint density at radius 3 is 2.62 bits per heavy atom. The first-order valence-electron chi connectivity index (χ1n) is 8.77. The zero-order chi connectivity index (χ0) is 20.6. The third-order valence-corrected chi connectivity index (χ3v) is 4.75. The number of ether oxygens (including phenoxy) is 1. The molecule has 0 saturated heterocycles. The number of nitrogens with zero attached hydrogens (tertiary/aromatic N) is 3. The number of hydrogen-bond acceptors (Lipinski definition) is 5. The molecule has 150 valence electrons. The number of aromatic nitrogens is 2. The van der Waals surface area contributed by atoms with E-state index in [4.69, 9.17) is 4.74 Å². The maximum absolute atomic E-state index is 13.1. The van der Waals surface area contributed by atoms with Crippen molar-refractivity contribution in [3.8, 4) is 11.4 Å². The van der Waals surface area contributed by atoms with Crippen molar-refractivity contribution in [2.45, 2.75) is 18.8 Å². The van der Waals surface area contributed by atoms with Gasteiger partial charge in [0.2, 0.25) is 5.82 Å². The molecule has 6 nitrogen and oxygen atoms in total. The minimum Gasteiger partial charge on any atom is -0.382 e. The number of halogens is 3. The number of alkyl halides is 3. The van der Waals surface area contributed by atoms with E-state index in [2.05, 4.69) is 14.7 Å². The summed E-state index contributed by atoms with van der Waals surface area (Å²) in [5.74, 6) is -1.87. The first-order chi connectivity index (χ1) is 13.9. The van der Waals surface area contributed by atoms with Crippen molar-refractivity contribution < 1.29 is 27.2 Å². The number of benzene rings is 2. The van der Waals surface area contributed by atoms with Gasteiger partial charge in [0.15, 0.2) is 0 Å². The molecule has 1 aromatic heterocycles. The Balaban J connectivity index is 1.64. The molecule has 9 heteroatoms. The molecule has 0 bridgehead atoms. The normalized spacial score (nSPS) is 14.9. The van der Waals surface area contributed by atoms with Gasteiger partial charge < -0.3 is 14.2 Å². The SMILES string of the molecule is COCC(c1ccccc1)N1Cc2ccc(-c3noc(C(F)(F)F)n3)cc2C1=O. The van der Waals surface area contributed by atoms with Crippen LogP contribution in [0.5, 0.6) is 0 Å². The molecule has 1 aliphatic heterocycles. The van der Waals surface area contributed by atoms with Crippen LogP contribution in [0.15, 0.2) is 53.1 Å². The molecular weight excluding hydrogens is 387 g/mol. The Morgan fingerprint density at radius 1 is 1.21 bits per heavy atom. The minimum atomic E-state index is -4.72. The van der Waals surface area contributed by atoms with E-state index in [0.717, 1.165) is 11.1 Å². The second-order valence-electron chi connectivity index (χ2n) is 6.61. The van der Waals surface area contributed by atoms with Gasteiger partial charge in [0.05, 0.1) is 12.6 Å². The summed E-state index contributed by atoms with van der Waals surface area (Å²) < 4.78 is 47.7. The highest BCUT2D eigenvalue weighted by Crippen LogP contribution is 2.34. The number of amides is 1. The van der Waals surface area contributed by atoms with E-state index in [1.54, 1.807) is 24.1 Å². The van der Waals surface area contributed by atoms with E-state index in [-0.39, 0.29) is 23.3 Å². The maximum atomic E-state index is 13.1. The second kappa shape index (κ2) is 7.32. The number of hydrogen-bond donors (Lipinski definition) is 0. The molecule has 0 aliphatic carbocycles. The van der Waals surface area contributed by atoms with Gasteiger partial charge in [0.1, 0.15) is 0 Å². The first kappa shape index (κ1) is 19.1. The lowest BCUT2D eigenvalue weighted by atomic mass is 10.1. The van der Waals surface area contributed by atoms with Crippen molar-refractivity contribution in [2.24, 2.45) is 0 Å². The molecule has 0 radical (unpaired) electrons. The van der Waals surface area contributed by atoms with Crippen LogP contribution < -0.4 is 0 Å². The Morgan fingerprint density at radius 2 is 1.97 bits per heavy atom. The summed E-state index contributed by atoms with van der Waals surface area (Å²) in [6.45, 7) is 0.688. The van der Waals surface area contributed by atoms with Crippen molar-refractivity contribution in [3.05, 3.63) is 71.1 Å². The van der Waals surface area contributed by atoms with Crippen LogP contribution in [0.2, 0.25) is 0 Å². The number of rotatable bonds is 5. The molecule has 1 unspecified atom stereocenters. The van der Waals surface area contributed by atoms with E-state index < -0.39 is 12.1 Å². The van der Waals surface area contributed by atoms with Crippen LogP contribution in [0.4, 0.5) is 13.2 Å². The molecule has 2 aromatic carbocycles. The van der Waals surface area contributed by atoms with Crippen LogP contribution in [0.1, 0.15) is 33.4 Å². The number of methoxy groups -OCH3 is 1. The molecule has 29 heavy (non-hydrogen) atoms. The van der Waals surface area contributed by atoms with E-state index >= 15 is 0 Å². The molecule has 0 spiro atoms. The lowest BCUT2D eigenvalue weighted by Gasteiger charge is -2.27. The van der Waals surface area contributed by atoms with Crippen molar-refractivity contribution in [1.82, 2.24) is 15.0 Å². The number of carbonyl (C=O) groups excluding carboxylic acids is 1. The topological polar surface area (TPSA) is 68.5 Å². The third kappa shape index (κ3) is 3.61. The monoisotopic (exact) mass is 403 g/mol. The molecule has 0 fully saturated rings. The largest absolute Gasteiger partial charge is 0.471 e. The fourth-order valence-electron chi connectivity index (χ4n) is 3.37. The highest BCUT2D eigenvalue weighted by molar-refractivity contribution is 5.99. The van der Waals surface area contributed by atoms with Crippen molar-refractivity contribution >= 4 is 5.91 Å². The van der Waals surface area contributed by atoms with Gasteiger partial charge >= 0.3 is 12.1 Å². The van der Waals surface area contributed by atoms with E-state index in [1.165, 1.54) is 6.07 Å². The highest BCUT2D eigenvalue weighted by Gasteiger charge is 2.39. The molecular formula is C20H16F3N3O3. The predicted molar refractivity (Wildman–Crippen MR) is 95.7 cm³/mol. The summed E-state index contributed by atoms with van der Waals surface area (Å²) in [5, 5.41) is 3.38. The summed E-state index contributed by atoms with van der Waals surface area (Å²) in [6.07, 6.45) is -4.72. The van der Waals surface area contributed by atoms with Gasteiger partial charge in [0, 0.05) is 24.8 Å². The zero-order valence-corrected chi connectivity index (χ0v) is 15.3. The van der Waals surface area contributed by atoms with Gasteiger partial charge in [-0.15, -0.1) is 0 Å². The minimum absolute atomic E-state index is 0.220. The van der Waals surface area contributed by atoms with Crippen LogP contribution in [-0.4, -0.2) is 34.7 Å². The molecule has 1 amide bonds. The highest BCUT2D eigenvalue weighted by atomic mass is 19.4. The molecule has 2 heterocycles. The van der Waals surface area contributed by atoms with Gasteiger partial charge in [-0.1, -0.05) is 47.6 Å². The molecule has 1 aliphatic rings. The standard InChI is InChI=1S/C20H16F3N3O3/c1-28-11-16(12-5-3-2-4-6-12)26-10-14-8-7-13(9-15(14)18(26)27)17-24-19(29-25-17)20(21,22)23/h2-9,16H,10-11H2,1H3. The average Bonchev–Trinajstić information content (AvgIpc) is 3.32. The van der Waals surface area contributed by atoms with Crippen LogP contribution in [0.3, 0.4) is 0 Å². The molecule has 4 rings (SSSR count). The Hall–Kier alpha value is -3.20. The third-order valence-electron chi connectivity index (χ3n) is 4.75. The fraction of sp³-hybridized carbons (Fsp3) is 0.250. The average molecular weight is 403 g/mol. The number of fused-ring (bicyclic) bond motifs is 1. The summed E-state index contributed by atoms with van der Waals surface area (Å²) in [4.78, 5) is 18.1. The van der Waals surface area contributed by atoms with Crippen LogP contribution in [0.25, 0.3) is 11.4 Å². The van der Waals surface area contributed by atoms with E-state index in [9.17, 15) is 18.0 Å². The summed E-state index contributed by atoms with van der Waals surface area (Å²) in [5.41, 5.74) is 2.39. The van der Waals surface area contributed by atoms with Gasteiger partial charge in [-0.2, -0.15) is 18.2 Å². The van der Waals surface area contributed by atoms with Crippen molar-refractivity contribution in [2.75, 3.05) is 13.7 Å². The Kier molecular flexibility index (Phi) is 4.83. The molecule has 3 aromatic rings. The lowest BCUT2D eigenvalue weighted by Crippen LogP contribution is -2.32. The van der Waals surface area contributed by atoms with E-state index in [0.29, 0.717) is 18.7 Å². The molecule has 0 N–H and O–H groups in total. The lowest BCUT2D eigenvalue weighted by molar-refractivity contribution is -0.159. The van der Waals surface area contributed by atoms with Crippen molar-refractivity contribution in [3.63, 3.8) is 0 Å². The maximum Gasteiger partial charge on any atom is 0.471 e. The van der Waals surface area contributed by atoms with Crippen LogP contribution >= 0.6 is 0 Å². The summed E-state index contributed by atoms with van der Waals surface area (Å²) in [6, 6.07) is 14.0. The molecule has 1 atom stereocenters. The quantitative estimate of drug-likeness (QED) is 0.642. The molecule has 0 saturated carbocycles. The Labute approximate surface area is 163 Å². The van der Waals surface area contributed by atoms with Crippen LogP contribution in [0, 0.1) is 0 Å². The predicted octanol–water partition coefficient (Wildman–Crippen LogP) is 4.10. The van der Waals surface area contributed by atoms with Gasteiger partial charge in [0.25, 0.3) is 5.91 Å². The number of carbonyl (C=O) groups is 1. The smallest absolute Gasteiger partial charge is 0.382 e. The Bertz CT molecular complexity index is 1030. The van der Waals surface area contributed by atoms with Gasteiger partial charge in [-0.05, 0) is 17.2 Å². The van der Waals surface area contributed by atoms with Crippen LogP contribution in [-0.2, 0) is 17.5 Å². The second-order valence-corrected chi connectivity index (χ2v) is 6.61. The van der Waals surface area contributed by atoms with Gasteiger partial charge in [-0.3, -0.25) is 4.79 Å². The first-order valence-corrected chi connectivity index (χ1v) is 8.77. The van der Waals surface area contributed by atoms with Crippen molar-refractivity contribution in [1.29, 1.82) is 0 Å². The zero-order valence-electron chi connectivity index (χ0n) is 15.3. The van der Waals surface area contributed by atoms with Gasteiger partial charge in [-0.25, -0.2) is 0 Å². The fourth-order valence-corrected chi connectivity index (χ4v) is 3.37. The van der Waals surface area contributed by atoms with E-state index in [1.807, 2.05) is 30.3 Å².